The maximum atomic E-state index is 12.5. The summed E-state index contributed by atoms with van der Waals surface area (Å²) in [5, 5.41) is 6.43. The van der Waals surface area contributed by atoms with Gasteiger partial charge in [-0.3, -0.25) is 9.59 Å². The van der Waals surface area contributed by atoms with Gasteiger partial charge in [0.05, 0.1) is 17.8 Å². The SMILES string of the molecule is CC[C@H](C(=O)NC[C@@H]1CN[C@H](C(=O)N2CCSC2)C1)c1ccccc1. The van der Waals surface area contributed by atoms with E-state index in [1.54, 1.807) is 0 Å². The number of nitrogens with one attached hydrogen (secondary N) is 2. The molecule has 0 aliphatic carbocycles. The second-order valence-corrected chi connectivity index (χ2v) is 7.89. The topological polar surface area (TPSA) is 61.4 Å². The molecule has 2 N–H and O–H groups in total. The summed E-state index contributed by atoms with van der Waals surface area (Å²) >= 11 is 1.81. The minimum Gasteiger partial charge on any atom is -0.355 e. The van der Waals surface area contributed by atoms with Gasteiger partial charge in [0, 0.05) is 25.4 Å². The Kier molecular flexibility index (Phi) is 6.37. The molecule has 0 spiro atoms. The van der Waals surface area contributed by atoms with Crippen molar-refractivity contribution >= 4 is 23.6 Å². The number of carbonyl (C=O) groups is 2. The van der Waals surface area contributed by atoms with Crippen LogP contribution in [0.3, 0.4) is 0 Å². The zero-order valence-corrected chi connectivity index (χ0v) is 15.6. The molecule has 2 aliphatic heterocycles. The average molecular weight is 362 g/mol. The summed E-state index contributed by atoms with van der Waals surface area (Å²) in [6.45, 7) is 4.32. The summed E-state index contributed by atoms with van der Waals surface area (Å²) in [5.74, 6) is 2.37. The Hall–Kier alpha value is -1.53. The molecule has 2 saturated heterocycles. The highest BCUT2D eigenvalue weighted by atomic mass is 32.2. The molecule has 2 heterocycles. The molecule has 3 rings (SSSR count). The smallest absolute Gasteiger partial charge is 0.240 e. The summed E-state index contributed by atoms with van der Waals surface area (Å²) in [6.07, 6.45) is 1.59. The Labute approximate surface area is 153 Å². The lowest BCUT2D eigenvalue weighted by Crippen LogP contribution is -2.42. The average Bonchev–Trinajstić information content (AvgIpc) is 3.33. The lowest BCUT2D eigenvalue weighted by molar-refractivity contribution is -0.131. The largest absolute Gasteiger partial charge is 0.355 e. The molecule has 1 aromatic rings. The summed E-state index contributed by atoms with van der Waals surface area (Å²) in [7, 11) is 0. The first kappa shape index (κ1) is 18.3. The van der Waals surface area contributed by atoms with Crippen molar-refractivity contribution in [3.63, 3.8) is 0 Å². The van der Waals surface area contributed by atoms with Crippen molar-refractivity contribution in [2.45, 2.75) is 31.7 Å². The minimum absolute atomic E-state index is 0.0828. The Morgan fingerprint density at radius 1 is 1.36 bits per heavy atom. The second kappa shape index (κ2) is 8.72. The van der Waals surface area contributed by atoms with E-state index < -0.39 is 0 Å². The van der Waals surface area contributed by atoms with Crippen LogP contribution in [0, 0.1) is 5.92 Å². The third-order valence-electron chi connectivity index (χ3n) is 5.08. The van der Waals surface area contributed by atoms with Crippen molar-refractivity contribution < 1.29 is 9.59 Å². The number of amides is 2. The van der Waals surface area contributed by atoms with E-state index in [4.69, 9.17) is 0 Å². The molecule has 0 unspecified atom stereocenters. The fourth-order valence-corrected chi connectivity index (χ4v) is 4.54. The number of hydrogen-bond acceptors (Lipinski definition) is 4. The van der Waals surface area contributed by atoms with Crippen LogP contribution in [0.2, 0.25) is 0 Å². The molecule has 2 amide bonds. The first-order chi connectivity index (χ1) is 12.2. The Balaban J connectivity index is 1.47. The number of hydrogen-bond donors (Lipinski definition) is 2. The van der Waals surface area contributed by atoms with Gasteiger partial charge < -0.3 is 15.5 Å². The Bertz CT molecular complexity index is 590. The van der Waals surface area contributed by atoms with E-state index in [9.17, 15) is 9.59 Å². The van der Waals surface area contributed by atoms with Crippen LogP contribution in [0.1, 0.15) is 31.2 Å². The van der Waals surface area contributed by atoms with Gasteiger partial charge in [-0.05, 0) is 24.3 Å². The zero-order valence-electron chi connectivity index (χ0n) is 14.7. The predicted molar refractivity (Wildman–Crippen MR) is 101 cm³/mol. The summed E-state index contributed by atoms with van der Waals surface area (Å²) < 4.78 is 0. The maximum absolute atomic E-state index is 12.5. The standard InChI is InChI=1S/C19H27N3O2S/c1-2-16(15-6-4-3-5-7-15)18(23)21-12-14-10-17(20-11-14)19(24)22-8-9-25-13-22/h3-7,14,16-17,20H,2,8-13H2,1H3,(H,21,23)/t14-,16-,17-/m0/s1. The van der Waals surface area contributed by atoms with Crippen molar-refractivity contribution in [3.05, 3.63) is 35.9 Å². The third-order valence-corrected chi connectivity index (χ3v) is 6.04. The highest BCUT2D eigenvalue weighted by Crippen LogP contribution is 2.22. The van der Waals surface area contributed by atoms with Gasteiger partial charge in [-0.2, -0.15) is 0 Å². The molecule has 0 aromatic heterocycles. The summed E-state index contributed by atoms with van der Waals surface area (Å²) in [5.41, 5.74) is 1.06. The van der Waals surface area contributed by atoms with Crippen LogP contribution in [0.15, 0.2) is 30.3 Å². The van der Waals surface area contributed by atoms with Gasteiger partial charge in [-0.25, -0.2) is 0 Å². The molecule has 2 fully saturated rings. The lowest BCUT2D eigenvalue weighted by Gasteiger charge is -2.19. The first-order valence-corrected chi connectivity index (χ1v) is 10.3. The van der Waals surface area contributed by atoms with E-state index in [0.717, 1.165) is 43.1 Å². The Morgan fingerprint density at radius 2 is 2.16 bits per heavy atom. The van der Waals surface area contributed by atoms with Gasteiger partial charge in [0.1, 0.15) is 0 Å². The van der Waals surface area contributed by atoms with Crippen molar-refractivity contribution in [1.82, 2.24) is 15.5 Å². The molecule has 3 atom stereocenters. The van der Waals surface area contributed by atoms with Gasteiger partial charge >= 0.3 is 0 Å². The van der Waals surface area contributed by atoms with Gasteiger partial charge in [0.25, 0.3) is 0 Å². The first-order valence-electron chi connectivity index (χ1n) is 9.11. The number of rotatable bonds is 6. The number of thioether (sulfide) groups is 1. The number of benzene rings is 1. The van der Waals surface area contributed by atoms with Crippen LogP contribution < -0.4 is 10.6 Å². The van der Waals surface area contributed by atoms with Gasteiger partial charge in [-0.15, -0.1) is 11.8 Å². The molecule has 136 valence electrons. The minimum atomic E-state index is -0.102. The second-order valence-electron chi connectivity index (χ2n) is 6.82. The van der Waals surface area contributed by atoms with Crippen molar-refractivity contribution in [2.75, 3.05) is 31.3 Å². The number of carbonyl (C=O) groups excluding carboxylic acids is 2. The van der Waals surface area contributed by atoms with Gasteiger partial charge in [0.2, 0.25) is 11.8 Å². The van der Waals surface area contributed by atoms with E-state index in [0.29, 0.717) is 12.5 Å². The van der Waals surface area contributed by atoms with Crippen molar-refractivity contribution in [1.29, 1.82) is 0 Å². The van der Waals surface area contributed by atoms with Crippen LogP contribution in [-0.2, 0) is 9.59 Å². The summed E-state index contributed by atoms with van der Waals surface area (Å²) in [4.78, 5) is 26.9. The monoisotopic (exact) mass is 361 g/mol. The van der Waals surface area contributed by atoms with Crippen molar-refractivity contribution in [2.24, 2.45) is 5.92 Å². The van der Waals surface area contributed by atoms with E-state index >= 15 is 0 Å². The fraction of sp³-hybridized carbons (Fsp3) is 0.579. The third kappa shape index (κ3) is 4.55. The van der Waals surface area contributed by atoms with Crippen LogP contribution in [0.25, 0.3) is 0 Å². The highest BCUT2D eigenvalue weighted by molar-refractivity contribution is 7.99. The maximum Gasteiger partial charge on any atom is 0.240 e. The summed E-state index contributed by atoms with van der Waals surface area (Å²) in [6, 6.07) is 9.84. The van der Waals surface area contributed by atoms with Crippen LogP contribution >= 0.6 is 11.8 Å². The molecule has 2 aliphatic rings. The predicted octanol–water partition coefficient (Wildman–Crippen LogP) is 1.81. The van der Waals surface area contributed by atoms with Crippen LogP contribution in [0.5, 0.6) is 0 Å². The Morgan fingerprint density at radius 3 is 2.84 bits per heavy atom. The molecular formula is C19H27N3O2S. The van der Waals surface area contributed by atoms with E-state index in [1.807, 2.05) is 53.9 Å². The number of nitrogens with zero attached hydrogens (tertiary/aromatic N) is 1. The normalized spacial score (nSPS) is 24.3. The van der Waals surface area contributed by atoms with E-state index in [1.165, 1.54) is 0 Å². The van der Waals surface area contributed by atoms with E-state index in [2.05, 4.69) is 10.6 Å². The van der Waals surface area contributed by atoms with Crippen LogP contribution in [-0.4, -0.2) is 54.0 Å². The van der Waals surface area contributed by atoms with Gasteiger partial charge in [-0.1, -0.05) is 37.3 Å². The molecule has 0 saturated carbocycles. The molecule has 1 aromatic carbocycles. The van der Waals surface area contributed by atoms with Gasteiger partial charge in [0.15, 0.2) is 0 Å². The molecule has 0 radical (unpaired) electrons. The van der Waals surface area contributed by atoms with Crippen LogP contribution in [0.4, 0.5) is 0 Å². The highest BCUT2D eigenvalue weighted by Gasteiger charge is 2.33. The quantitative estimate of drug-likeness (QED) is 0.811. The van der Waals surface area contributed by atoms with Crippen molar-refractivity contribution in [3.8, 4) is 0 Å². The fourth-order valence-electron chi connectivity index (χ4n) is 3.59. The molecule has 6 heteroatoms. The lowest BCUT2D eigenvalue weighted by atomic mass is 9.95. The molecular weight excluding hydrogens is 334 g/mol. The zero-order chi connectivity index (χ0) is 17.6. The molecule has 5 nitrogen and oxygen atoms in total. The molecule has 0 bridgehead atoms. The van der Waals surface area contributed by atoms with E-state index in [-0.39, 0.29) is 23.8 Å². The molecule has 25 heavy (non-hydrogen) atoms.